The third-order valence-electron chi connectivity index (χ3n) is 3.16. The van der Waals surface area contributed by atoms with Gasteiger partial charge in [-0.2, -0.15) is 5.10 Å². The molecule has 0 aliphatic carbocycles. The van der Waals surface area contributed by atoms with Crippen molar-refractivity contribution in [3.63, 3.8) is 0 Å². The van der Waals surface area contributed by atoms with E-state index >= 15 is 0 Å². The van der Waals surface area contributed by atoms with Gasteiger partial charge in [-0.15, -0.1) is 0 Å². The summed E-state index contributed by atoms with van der Waals surface area (Å²) >= 11 is 0. The second kappa shape index (κ2) is 4.64. The summed E-state index contributed by atoms with van der Waals surface area (Å²) in [5.41, 5.74) is 4.56. The van der Waals surface area contributed by atoms with Crippen molar-refractivity contribution in [2.75, 3.05) is 7.11 Å². The zero-order valence-electron chi connectivity index (χ0n) is 11.0. The average molecular weight is 244 g/mol. The van der Waals surface area contributed by atoms with Gasteiger partial charge in [0.15, 0.2) is 6.29 Å². The fourth-order valence-corrected chi connectivity index (χ4v) is 2.01. The first-order valence-electron chi connectivity index (χ1n) is 5.71. The van der Waals surface area contributed by atoms with E-state index in [0.717, 1.165) is 34.4 Å². The topological polar surface area (TPSA) is 44.1 Å². The third kappa shape index (κ3) is 1.90. The van der Waals surface area contributed by atoms with Gasteiger partial charge in [-0.1, -0.05) is 0 Å². The van der Waals surface area contributed by atoms with Crippen LogP contribution in [-0.2, 0) is 7.05 Å². The Morgan fingerprint density at radius 3 is 2.56 bits per heavy atom. The molecule has 18 heavy (non-hydrogen) atoms. The van der Waals surface area contributed by atoms with E-state index in [1.165, 1.54) is 0 Å². The van der Waals surface area contributed by atoms with Crippen molar-refractivity contribution in [3.8, 4) is 17.0 Å². The molecule has 2 aromatic rings. The third-order valence-corrected chi connectivity index (χ3v) is 3.16. The molecule has 4 heteroatoms. The van der Waals surface area contributed by atoms with E-state index in [4.69, 9.17) is 4.74 Å². The standard InChI is InChI=1S/C14H16N2O2/c1-9-5-12(13(18-4)6-10(9)2)14-11(8-17)7-15-16(14)3/h5-8H,1-4H3. The Kier molecular flexibility index (Phi) is 3.19. The summed E-state index contributed by atoms with van der Waals surface area (Å²) < 4.78 is 7.09. The van der Waals surface area contributed by atoms with Crippen LogP contribution in [0.1, 0.15) is 21.5 Å². The molecule has 0 spiro atoms. The van der Waals surface area contributed by atoms with E-state index in [1.807, 2.05) is 33.0 Å². The minimum Gasteiger partial charge on any atom is -0.496 e. The highest BCUT2D eigenvalue weighted by Crippen LogP contribution is 2.33. The Bertz CT molecular complexity index is 600. The van der Waals surface area contributed by atoms with Crippen LogP contribution in [0.2, 0.25) is 0 Å². The lowest BCUT2D eigenvalue weighted by atomic mass is 10.0. The minimum absolute atomic E-state index is 0.569. The lowest BCUT2D eigenvalue weighted by molar-refractivity contribution is 0.112. The summed E-state index contributed by atoms with van der Waals surface area (Å²) in [6.45, 7) is 4.07. The smallest absolute Gasteiger partial charge is 0.153 e. The van der Waals surface area contributed by atoms with Crippen molar-refractivity contribution in [2.45, 2.75) is 13.8 Å². The molecule has 0 N–H and O–H groups in total. The predicted molar refractivity (Wildman–Crippen MR) is 70.1 cm³/mol. The highest BCUT2D eigenvalue weighted by Gasteiger charge is 2.16. The number of aromatic nitrogens is 2. The average Bonchev–Trinajstić information content (AvgIpc) is 2.73. The van der Waals surface area contributed by atoms with E-state index in [0.29, 0.717) is 5.56 Å². The molecule has 0 unspecified atom stereocenters. The quantitative estimate of drug-likeness (QED) is 0.779. The van der Waals surface area contributed by atoms with Crippen molar-refractivity contribution in [1.82, 2.24) is 9.78 Å². The molecule has 0 aliphatic heterocycles. The number of ether oxygens (including phenoxy) is 1. The van der Waals surface area contributed by atoms with E-state index in [-0.39, 0.29) is 0 Å². The number of rotatable bonds is 3. The van der Waals surface area contributed by atoms with Gasteiger partial charge in [0.05, 0.1) is 24.6 Å². The highest BCUT2D eigenvalue weighted by molar-refractivity contribution is 5.87. The van der Waals surface area contributed by atoms with Gasteiger partial charge in [0.25, 0.3) is 0 Å². The molecule has 0 amide bonds. The van der Waals surface area contributed by atoms with Crippen LogP contribution < -0.4 is 4.74 Å². The maximum Gasteiger partial charge on any atom is 0.153 e. The Morgan fingerprint density at radius 2 is 1.94 bits per heavy atom. The zero-order valence-corrected chi connectivity index (χ0v) is 11.0. The van der Waals surface area contributed by atoms with Crippen molar-refractivity contribution >= 4 is 6.29 Å². The summed E-state index contributed by atoms with van der Waals surface area (Å²) in [6.07, 6.45) is 2.38. The summed E-state index contributed by atoms with van der Waals surface area (Å²) in [4.78, 5) is 11.1. The first-order valence-corrected chi connectivity index (χ1v) is 5.71. The van der Waals surface area contributed by atoms with Crippen LogP contribution in [0, 0.1) is 13.8 Å². The Hall–Kier alpha value is -2.10. The SMILES string of the molecule is COc1cc(C)c(C)cc1-c1c(C=O)cnn1C. The van der Waals surface area contributed by atoms with Crippen LogP contribution in [-0.4, -0.2) is 23.2 Å². The first kappa shape index (κ1) is 12.4. The first-order chi connectivity index (χ1) is 8.58. The largest absolute Gasteiger partial charge is 0.496 e. The molecule has 0 bridgehead atoms. The molecule has 94 valence electrons. The maximum absolute atomic E-state index is 11.1. The summed E-state index contributed by atoms with van der Waals surface area (Å²) in [6, 6.07) is 4.00. The predicted octanol–water partition coefficient (Wildman–Crippen LogP) is 2.53. The molecule has 1 aromatic heterocycles. The highest BCUT2D eigenvalue weighted by atomic mass is 16.5. The molecular weight excluding hydrogens is 228 g/mol. The fraction of sp³-hybridized carbons (Fsp3) is 0.286. The number of benzene rings is 1. The number of hydrogen-bond donors (Lipinski definition) is 0. The fourth-order valence-electron chi connectivity index (χ4n) is 2.01. The molecule has 0 saturated heterocycles. The van der Waals surface area contributed by atoms with E-state index in [1.54, 1.807) is 18.0 Å². The van der Waals surface area contributed by atoms with Gasteiger partial charge >= 0.3 is 0 Å². The van der Waals surface area contributed by atoms with E-state index in [2.05, 4.69) is 5.10 Å². The maximum atomic E-state index is 11.1. The molecule has 4 nitrogen and oxygen atoms in total. The molecular formula is C14H16N2O2. The lowest BCUT2D eigenvalue weighted by Gasteiger charge is -2.12. The monoisotopic (exact) mass is 244 g/mol. The van der Waals surface area contributed by atoms with Crippen molar-refractivity contribution in [3.05, 3.63) is 35.0 Å². The summed E-state index contributed by atoms with van der Waals surface area (Å²) in [7, 11) is 3.45. The molecule has 2 rings (SSSR count). The number of hydrogen-bond acceptors (Lipinski definition) is 3. The van der Waals surface area contributed by atoms with Gasteiger partial charge < -0.3 is 4.74 Å². The summed E-state index contributed by atoms with van der Waals surface area (Å²) in [5.74, 6) is 0.754. The Morgan fingerprint density at radius 1 is 1.28 bits per heavy atom. The normalized spacial score (nSPS) is 10.4. The van der Waals surface area contributed by atoms with Crippen LogP contribution in [0.3, 0.4) is 0 Å². The van der Waals surface area contributed by atoms with Crippen LogP contribution in [0.15, 0.2) is 18.3 Å². The molecule has 1 aromatic carbocycles. The van der Waals surface area contributed by atoms with Gasteiger partial charge in [-0.3, -0.25) is 9.48 Å². The number of nitrogens with zero attached hydrogens (tertiary/aromatic N) is 2. The number of aldehydes is 1. The van der Waals surface area contributed by atoms with Crippen LogP contribution in [0.5, 0.6) is 5.75 Å². The van der Waals surface area contributed by atoms with Crippen molar-refractivity contribution in [2.24, 2.45) is 7.05 Å². The van der Waals surface area contributed by atoms with Gasteiger partial charge in [0, 0.05) is 12.6 Å². The van der Waals surface area contributed by atoms with Crippen molar-refractivity contribution < 1.29 is 9.53 Å². The van der Waals surface area contributed by atoms with E-state index in [9.17, 15) is 4.79 Å². The van der Waals surface area contributed by atoms with Gasteiger partial charge in [-0.25, -0.2) is 0 Å². The molecule has 0 aliphatic rings. The second-order valence-electron chi connectivity index (χ2n) is 4.33. The molecule has 0 atom stereocenters. The van der Waals surface area contributed by atoms with Crippen LogP contribution >= 0.6 is 0 Å². The van der Waals surface area contributed by atoms with Crippen LogP contribution in [0.4, 0.5) is 0 Å². The number of methoxy groups -OCH3 is 1. The Labute approximate surface area is 106 Å². The number of aryl methyl sites for hydroxylation is 3. The Balaban J connectivity index is 2.73. The second-order valence-corrected chi connectivity index (χ2v) is 4.33. The van der Waals surface area contributed by atoms with Crippen molar-refractivity contribution in [1.29, 1.82) is 0 Å². The molecule has 0 saturated carbocycles. The molecule has 0 radical (unpaired) electrons. The summed E-state index contributed by atoms with van der Waals surface area (Å²) in [5, 5.41) is 4.12. The number of carbonyl (C=O) groups excluding carboxylic acids is 1. The molecule has 1 heterocycles. The van der Waals surface area contributed by atoms with Gasteiger partial charge in [0.1, 0.15) is 5.75 Å². The van der Waals surface area contributed by atoms with E-state index < -0.39 is 0 Å². The van der Waals surface area contributed by atoms with Crippen LogP contribution in [0.25, 0.3) is 11.3 Å². The number of carbonyl (C=O) groups is 1. The lowest BCUT2D eigenvalue weighted by Crippen LogP contribution is -1.99. The van der Waals surface area contributed by atoms with Gasteiger partial charge in [0.2, 0.25) is 0 Å². The minimum atomic E-state index is 0.569. The zero-order chi connectivity index (χ0) is 13.3. The van der Waals surface area contributed by atoms with Gasteiger partial charge in [-0.05, 0) is 37.1 Å². The molecule has 0 fully saturated rings.